The van der Waals surface area contributed by atoms with Crippen molar-refractivity contribution in [3.63, 3.8) is 0 Å². The zero-order valence-electron chi connectivity index (χ0n) is 14.5. The van der Waals surface area contributed by atoms with Crippen molar-refractivity contribution in [3.05, 3.63) is 42.2 Å². The molecule has 0 spiro atoms. The number of carbonyl (C=O) groups excluding carboxylic acids is 1. The van der Waals surface area contributed by atoms with Gasteiger partial charge in [0, 0.05) is 29.4 Å². The lowest BCUT2D eigenvalue weighted by atomic mass is 10.1. The smallest absolute Gasteiger partial charge is 0.211 e. The van der Waals surface area contributed by atoms with Crippen molar-refractivity contribution in [2.24, 2.45) is 0 Å². The first kappa shape index (κ1) is 16.1. The van der Waals surface area contributed by atoms with E-state index in [0.717, 1.165) is 41.1 Å². The van der Waals surface area contributed by atoms with E-state index in [9.17, 15) is 4.79 Å². The summed E-state index contributed by atoms with van der Waals surface area (Å²) in [6.45, 7) is 0.806. The molecule has 1 aliphatic rings. The van der Waals surface area contributed by atoms with E-state index in [2.05, 4.69) is 20.2 Å². The highest BCUT2D eigenvalue weighted by molar-refractivity contribution is 5.94. The first-order valence-corrected chi connectivity index (χ1v) is 8.22. The number of aromatic nitrogens is 2. The highest BCUT2D eigenvalue weighted by atomic mass is 16.5. The highest BCUT2D eigenvalue weighted by Crippen LogP contribution is 2.40. The van der Waals surface area contributed by atoms with E-state index >= 15 is 0 Å². The summed E-state index contributed by atoms with van der Waals surface area (Å²) in [6.07, 6.45) is 3.12. The van der Waals surface area contributed by atoms with Gasteiger partial charge in [0.25, 0.3) is 0 Å². The molecule has 1 amide bonds. The number of rotatable bonds is 5. The second-order valence-electron chi connectivity index (χ2n) is 5.93. The number of methoxy groups -OCH3 is 2. The summed E-state index contributed by atoms with van der Waals surface area (Å²) in [6, 6.07) is 9.65. The van der Waals surface area contributed by atoms with Gasteiger partial charge in [-0.25, -0.2) is 9.97 Å². The summed E-state index contributed by atoms with van der Waals surface area (Å²) in [5.41, 5.74) is 3.83. The van der Waals surface area contributed by atoms with E-state index in [1.165, 1.54) is 5.56 Å². The maximum absolute atomic E-state index is 10.7. The molecule has 132 valence electrons. The van der Waals surface area contributed by atoms with E-state index in [4.69, 9.17) is 9.47 Å². The molecular formula is C19H18N4O3. The molecule has 1 aliphatic heterocycles. The molecule has 0 atom stereocenters. The Bertz CT molecular complexity index is 990. The zero-order valence-corrected chi connectivity index (χ0v) is 14.5. The number of nitrogens with zero attached hydrogens (tertiary/aromatic N) is 3. The molecule has 0 saturated carbocycles. The van der Waals surface area contributed by atoms with Crippen molar-refractivity contribution in [2.75, 3.05) is 31.0 Å². The molecule has 0 radical (unpaired) electrons. The van der Waals surface area contributed by atoms with Gasteiger partial charge in [-0.05, 0) is 36.2 Å². The number of nitrogens with one attached hydrogen (secondary N) is 1. The Morgan fingerprint density at radius 2 is 1.92 bits per heavy atom. The Hall–Kier alpha value is -3.35. The first-order chi connectivity index (χ1) is 12.7. The zero-order chi connectivity index (χ0) is 18.1. The van der Waals surface area contributed by atoms with Crippen molar-refractivity contribution in [1.82, 2.24) is 9.97 Å². The third-order valence-corrected chi connectivity index (χ3v) is 4.58. The predicted octanol–water partition coefficient (Wildman–Crippen LogP) is 2.91. The van der Waals surface area contributed by atoms with Crippen LogP contribution in [0.3, 0.4) is 0 Å². The quantitative estimate of drug-likeness (QED) is 0.713. The van der Waals surface area contributed by atoms with Gasteiger partial charge in [0.05, 0.1) is 19.7 Å². The molecule has 0 bridgehead atoms. The topological polar surface area (TPSA) is 76.6 Å². The molecule has 4 rings (SSSR count). The molecule has 0 saturated heterocycles. The number of amides is 1. The molecule has 0 unspecified atom stereocenters. The lowest BCUT2D eigenvalue weighted by Gasteiger charge is -2.20. The molecule has 26 heavy (non-hydrogen) atoms. The van der Waals surface area contributed by atoms with Gasteiger partial charge in [-0.15, -0.1) is 0 Å². The van der Waals surface area contributed by atoms with Crippen LogP contribution in [0.1, 0.15) is 5.56 Å². The lowest BCUT2D eigenvalue weighted by molar-refractivity contribution is -0.105. The SMILES string of the molecule is COc1cc2ncnc(N3CCc4cc(NC=O)ccc43)c2cc1OC. The Kier molecular flexibility index (Phi) is 4.04. The largest absolute Gasteiger partial charge is 0.493 e. The van der Waals surface area contributed by atoms with Crippen LogP contribution in [0.15, 0.2) is 36.7 Å². The summed E-state index contributed by atoms with van der Waals surface area (Å²) < 4.78 is 10.8. The average molecular weight is 350 g/mol. The van der Waals surface area contributed by atoms with Crippen molar-refractivity contribution in [1.29, 1.82) is 0 Å². The van der Waals surface area contributed by atoms with E-state index in [-0.39, 0.29) is 0 Å². The number of anilines is 3. The molecule has 2 aromatic carbocycles. The third-order valence-electron chi connectivity index (χ3n) is 4.58. The van der Waals surface area contributed by atoms with Gasteiger partial charge in [0.1, 0.15) is 12.1 Å². The Morgan fingerprint density at radius 1 is 1.12 bits per heavy atom. The standard InChI is InChI=1S/C19H18N4O3/c1-25-17-8-14-15(9-18(17)26-2)20-10-21-19(14)23-6-5-12-7-13(22-11-24)3-4-16(12)23/h3-4,7-11H,5-6H2,1-2H3,(H,22,24). The number of hydrogen-bond acceptors (Lipinski definition) is 6. The van der Waals surface area contributed by atoms with Gasteiger partial charge < -0.3 is 19.7 Å². The highest BCUT2D eigenvalue weighted by Gasteiger charge is 2.24. The fourth-order valence-corrected chi connectivity index (χ4v) is 3.36. The number of ether oxygens (including phenoxy) is 2. The Morgan fingerprint density at radius 3 is 2.69 bits per heavy atom. The van der Waals surface area contributed by atoms with Gasteiger partial charge in [-0.3, -0.25) is 4.79 Å². The summed E-state index contributed by atoms with van der Waals surface area (Å²) in [7, 11) is 3.22. The van der Waals surface area contributed by atoms with Crippen molar-refractivity contribution in [3.8, 4) is 11.5 Å². The molecular weight excluding hydrogens is 332 g/mol. The van der Waals surface area contributed by atoms with Crippen LogP contribution in [0.5, 0.6) is 11.5 Å². The summed E-state index contributed by atoms with van der Waals surface area (Å²) in [5, 5.41) is 3.59. The molecule has 1 N–H and O–H groups in total. The Balaban J connectivity index is 1.82. The molecule has 7 heteroatoms. The Labute approximate surface area is 150 Å². The summed E-state index contributed by atoms with van der Waals surface area (Å²) in [5.74, 6) is 2.10. The number of carbonyl (C=O) groups is 1. The number of fused-ring (bicyclic) bond motifs is 2. The van der Waals surface area contributed by atoms with Gasteiger partial charge in [0.2, 0.25) is 6.41 Å². The number of benzene rings is 2. The fourth-order valence-electron chi connectivity index (χ4n) is 3.36. The van der Waals surface area contributed by atoms with Crippen molar-refractivity contribution in [2.45, 2.75) is 6.42 Å². The second-order valence-corrected chi connectivity index (χ2v) is 5.93. The third kappa shape index (κ3) is 2.57. The molecule has 2 heterocycles. The van der Waals surface area contributed by atoms with Gasteiger partial charge in [0.15, 0.2) is 11.5 Å². The normalized spacial score (nSPS) is 12.8. The van der Waals surface area contributed by atoms with Crippen molar-refractivity contribution < 1.29 is 14.3 Å². The van der Waals surface area contributed by atoms with Crippen LogP contribution < -0.4 is 19.7 Å². The summed E-state index contributed by atoms with van der Waals surface area (Å²) >= 11 is 0. The van der Waals surface area contributed by atoms with Crippen LogP contribution >= 0.6 is 0 Å². The fraction of sp³-hybridized carbons (Fsp3) is 0.211. The second kappa shape index (κ2) is 6.51. The van der Waals surface area contributed by atoms with Crippen LogP contribution in [0.2, 0.25) is 0 Å². The number of hydrogen-bond donors (Lipinski definition) is 1. The molecule has 0 aliphatic carbocycles. The van der Waals surface area contributed by atoms with Gasteiger partial charge >= 0.3 is 0 Å². The summed E-state index contributed by atoms with van der Waals surface area (Å²) in [4.78, 5) is 21.7. The maximum atomic E-state index is 10.7. The predicted molar refractivity (Wildman–Crippen MR) is 99.5 cm³/mol. The van der Waals surface area contributed by atoms with Crippen LogP contribution in [-0.2, 0) is 11.2 Å². The van der Waals surface area contributed by atoms with E-state index in [1.807, 2.05) is 30.3 Å². The van der Waals surface area contributed by atoms with Crippen molar-refractivity contribution >= 4 is 34.5 Å². The maximum Gasteiger partial charge on any atom is 0.211 e. The van der Waals surface area contributed by atoms with Gasteiger partial charge in [-0.2, -0.15) is 0 Å². The first-order valence-electron chi connectivity index (χ1n) is 8.22. The molecule has 7 nitrogen and oxygen atoms in total. The van der Waals surface area contributed by atoms with E-state index in [0.29, 0.717) is 17.9 Å². The van der Waals surface area contributed by atoms with Crippen LogP contribution in [0.4, 0.5) is 17.2 Å². The molecule has 3 aromatic rings. The minimum Gasteiger partial charge on any atom is -0.493 e. The van der Waals surface area contributed by atoms with Gasteiger partial charge in [-0.1, -0.05) is 0 Å². The van der Waals surface area contributed by atoms with Crippen LogP contribution in [0, 0.1) is 0 Å². The molecule has 1 aromatic heterocycles. The lowest BCUT2D eigenvalue weighted by Crippen LogP contribution is -2.15. The monoisotopic (exact) mass is 350 g/mol. The molecule has 0 fully saturated rings. The van der Waals surface area contributed by atoms with Crippen LogP contribution in [0.25, 0.3) is 10.9 Å². The average Bonchev–Trinajstić information content (AvgIpc) is 3.09. The van der Waals surface area contributed by atoms with E-state index in [1.54, 1.807) is 20.5 Å². The minimum atomic E-state index is 0.635. The van der Waals surface area contributed by atoms with E-state index < -0.39 is 0 Å². The minimum absolute atomic E-state index is 0.635. The van der Waals surface area contributed by atoms with Crippen LogP contribution in [-0.4, -0.2) is 37.1 Å².